The molecule has 0 radical (unpaired) electrons. The van der Waals surface area contributed by atoms with Gasteiger partial charge >= 0.3 is 0 Å². The Morgan fingerprint density at radius 1 is 1.28 bits per heavy atom. The fraction of sp³-hybridized carbons (Fsp3) is 0.105. The molecule has 4 aromatic rings. The predicted molar refractivity (Wildman–Crippen MR) is 108 cm³/mol. The van der Waals surface area contributed by atoms with Crippen LogP contribution in [0.4, 0.5) is 17.6 Å². The highest BCUT2D eigenvalue weighted by molar-refractivity contribution is 6.32. The molecule has 144 valence electrons. The Morgan fingerprint density at radius 3 is 2.93 bits per heavy atom. The third-order valence-electron chi connectivity index (χ3n) is 4.00. The number of hydrogen-bond acceptors (Lipinski definition) is 8. The first-order valence-electron chi connectivity index (χ1n) is 8.63. The Hall–Kier alpha value is -3.90. The van der Waals surface area contributed by atoms with Crippen molar-refractivity contribution in [3.63, 3.8) is 0 Å². The van der Waals surface area contributed by atoms with Gasteiger partial charge < -0.3 is 15.2 Å². The molecule has 0 unspecified atom stereocenters. The summed E-state index contributed by atoms with van der Waals surface area (Å²) in [5, 5.41) is 26.7. The SMILES string of the molecule is Cc1cc(Nc2nc(NCc3cc(-c4ccccc4C#N)no3)ncc2Cl)n[nH]1. The van der Waals surface area contributed by atoms with Crippen LogP contribution in [0.2, 0.25) is 5.02 Å². The van der Waals surface area contributed by atoms with Crippen molar-refractivity contribution in [3.05, 3.63) is 64.6 Å². The Morgan fingerprint density at radius 2 is 2.14 bits per heavy atom. The molecule has 0 spiro atoms. The predicted octanol–water partition coefficient (Wildman–Crippen LogP) is 4.04. The van der Waals surface area contributed by atoms with E-state index >= 15 is 0 Å². The van der Waals surface area contributed by atoms with Crippen molar-refractivity contribution < 1.29 is 4.52 Å². The zero-order valence-corrected chi connectivity index (χ0v) is 16.0. The smallest absolute Gasteiger partial charge is 0.225 e. The number of nitrogens with zero attached hydrogens (tertiary/aromatic N) is 5. The van der Waals surface area contributed by atoms with Crippen molar-refractivity contribution in [2.45, 2.75) is 13.5 Å². The molecular formula is C19H15ClN8O. The van der Waals surface area contributed by atoms with Crippen molar-refractivity contribution in [2.75, 3.05) is 10.6 Å². The van der Waals surface area contributed by atoms with Crippen molar-refractivity contribution >= 4 is 29.2 Å². The zero-order chi connectivity index (χ0) is 20.2. The maximum Gasteiger partial charge on any atom is 0.225 e. The lowest BCUT2D eigenvalue weighted by Crippen LogP contribution is -2.05. The number of aryl methyl sites for hydroxylation is 1. The monoisotopic (exact) mass is 406 g/mol. The fourth-order valence-corrected chi connectivity index (χ4v) is 2.78. The lowest BCUT2D eigenvalue weighted by molar-refractivity contribution is 0.390. The summed E-state index contributed by atoms with van der Waals surface area (Å²) in [5.74, 6) is 1.96. The van der Waals surface area contributed by atoms with Gasteiger partial charge in [0.05, 0.1) is 24.4 Å². The highest BCUT2D eigenvalue weighted by Crippen LogP contribution is 2.25. The van der Waals surface area contributed by atoms with Gasteiger partial charge in [-0.3, -0.25) is 5.10 Å². The van der Waals surface area contributed by atoms with Crippen LogP contribution in [0, 0.1) is 18.3 Å². The summed E-state index contributed by atoms with van der Waals surface area (Å²) in [7, 11) is 0. The third kappa shape index (κ3) is 4.17. The average Bonchev–Trinajstić information content (AvgIpc) is 3.37. The second kappa shape index (κ2) is 8.00. The van der Waals surface area contributed by atoms with Crippen LogP contribution in [-0.2, 0) is 6.54 Å². The molecule has 3 N–H and O–H groups in total. The molecule has 0 atom stereocenters. The maximum atomic E-state index is 9.23. The van der Waals surface area contributed by atoms with E-state index in [2.05, 4.69) is 42.0 Å². The van der Waals surface area contributed by atoms with E-state index in [1.54, 1.807) is 18.2 Å². The fourth-order valence-electron chi connectivity index (χ4n) is 2.64. The minimum Gasteiger partial charge on any atom is -0.359 e. The van der Waals surface area contributed by atoms with Gasteiger partial charge in [-0.2, -0.15) is 15.3 Å². The number of hydrogen-bond donors (Lipinski definition) is 3. The van der Waals surface area contributed by atoms with Crippen molar-refractivity contribution in [3.8, 4) is 17.3 Å². The van der Waals surface area contributed by atoms with Gasteiger partial charge in [0, 0.05) is 23.4 Å². The standard InChI is InChI=1S/C19H15ClN8O/c1-11-6-17(27-26-11)24-18-15(20)10-23-19(25-18)22-9-13-7-16(28-29-13)14-5-3-2-4-12(14)8-21/h2-7,10H,9H2,1H3,(H3,22,23,24,25,26,27). The Bertz CT molecular complexity index is 1190. The molecule has 9 nitrogen and oxygen atoms in total. The van der Waals surface area contributed by atoms with E-state index in [4.69, 9.17) is 16.1 Å². The molecule has 0 aliphatic rings. The van der Waals surface area contributed by atoms with E-state index in [0.29, 0.717) is 51.7 Å². The second-order valence-corrected chi connectivity index (χ2v) is 6.55. The quantitative estimate of drug-likeness (QED) is 0.437. The topological polar surface area (TPSA) is 128 Å². The van der Waals surface area contributed by atoms with Gasteiger partial charge in [-0.1, -0.05) is 35.0 Å². The molecule has 10 heteroatoms. The summed E-state index contributed by atoms with van der Waals surface area (Å²) in [6.07, 6.45) is 1.49. The first-order valence-corrected chi connectivity index (χ1v) is 9.00. The molecule has 3 heterocycles. The van der Waals surface area contributed by atoms with Gasteiger partial charge in [0.1, 0.15) is 10.7 Å². The molecule has 29 heavy (non-hydrogen) atoms. The molecular weight excluding hydrogens is 392 g/mol. The Balaban J connectivity index is 1.46. The van der Waals surface area contributed by atoms with E-state index in [1.807, 2.05) is 25.1 Å². The summed E-state index contributed by atoms with van der Waals surface area (Å²) in [6, 6.07) is 13.0. The normalized spacial score (nSPS) is 10.5. The number of aromatic amines is 1. The number of nitriles is 1. The molecule has 0 bridgehead atoms. The second-order valence-electron chi connectivity index (χ2n) is 6.14. The highest BCUT2D eigenvalue weighted by atomic mass is 35.5. The molecule has 0 fully saturated rings. The molecule has 1 aromatic carbocycles. The van der Waals surface area contributed by atoms with E-state index < -0.39 is 0 Å². The number of aromatic nitrogens is 5. The van der Waals surface area contributed by atoms with E-state index in [9.17, 15) is 5.26 Å². The van der Waals surface area contributed by atoms with Gasteiger partial charge in [-0.25, -0.2) is 4.98 Å². The third-order valence-corrected chi connectivity index (χ3v) is 4.28. The van der Waals surface area contributed by atoms with Gasteiger partial charge in [-0.15, -0.1) is 0 Å². The Kier molecular flexibility index (Phi) is 5.09. The van der Waals surface area contributed by atoms with E-state index in [1.165, 1.54) is 6.20 Å². The number of anilines is 3. The average molecular weight is 407 g/mol. The molecule has 0 saturated heterocycles. The van der Waals surface area contributed by atoms with Gasteiger partial charge in [0.25, 0.3) is 0 Å². The van der Waals surface area contributed by atoms with E-state index in [-0.39, 0.29) is 0 Å². The maximum absolute atomic E-state index is 9.23. The van der Waals surface area contributed by atoms with Crippen LogP contribution in [0.1, 0.15) is 17.0 Å². The number of halogens is 1. The lowest BCUT2D eigenvalue weighted by Gasteiger charge is -2.07. The minimum atomic E-state index is 0.310. The van der Waals surface area contributed by atoms with Crippen LogP contribution in [0.25, 0.3) is 11.3 Å². The molecule has 0 aliphatic carbocycles. The number of benzene rings is 1. The molecule has 3 aromatic heterocycles. The number of nitrogens with one attached hydrogen (secondary N) is 3. The molecule has 0 saturated carbocycles. The zero-order valence-electron chi connectivity index (χ0n) is 15.3. The first kappa shape index (κ1) is 18.5. The van der Waals surface area contributed by atoms with Gasteiger partial charge in [-0.05, 0) is 13.0 Å². The summed E-state index contributed by atoms with van der Waals surface area (Å²) >= 11 is 6.16. The minimum absolute atomic E-state index is 0.310. The first-order chi connectivity index (χ1) is 14.1. The van der Waals surface area contributed by atoms with Gasteiger partial charge in [0.15, 0.2) is 17.4 Å². The van der Waals surface area contributed by atoms with Crippen LogP contribution < -0.4 is 10.6 Å². The summed E-state index contributed by atoms with van der Waals surface area (Å²) in [6.45, 7) is 2.21. The summed E-state index contributed by atoms with van der Waals surface area (Å²) < 4.78 is 5.36. The molecule has 4 rings (SSSR count). The Labute approximate surface area is 170 Å². The van der Waals surface area contributed by atoms with Crippen LogP contribution >= 0.6 is 11.6 Å². The lowest BCUT2D eigenvalue weighted by atomic mass is 10.1. The summed E-state index contributed by atoms with van der Waals surface area (Å²) in [4.78, 5) is 8.53. The highest BCUT2D eigenvalue weighted by Gasteiger charge is 2.12. The van der Waals surface area contributed by atoms with E-state index in [0.717, 1.165) is 5.69 Å². The van der Waals surface area contributed by atoms with Crippen LogP contribution in [0.15, 0.2) is 47.1 Å². The van der Waals surface area contributed by atoms with Crippen molar-refractivity contribution in [2.24, 2.45) is 0 Å². The molecule has 0 aliphatic heterocycles. The van der Waals surface area contributed by atoms with Crippen LogP contribution in [0.3, 0.4) is 0 Å². The van der Waals surface area contributed by atoms with Crippen molar-refractivity contribution in [1.82, 2.24) is 25.3 Å². The molecule has 0 amide bonds. The van der Waals surface area contributed by atoms with Gasteiger partial charge in [0.2, 0.25) is 5.95 Å². The van der Waals surface area contributed by atoms with Crippen LogP contribution in [-0.4, -0.2) is 25.3 Å². The largest absolute Gasteiger partial charge is 0.359 e. The van der Waals surface area contributed by atoms with Crippen molar-refractivity contribution in [1.29, 1.82) is 5.26 Å². The number of rotatable bonds is 6. The van der Waals surface area contributed by atoms with Crippen LogP contribution in [0.5, 0.6) is 0 Å². The summed E-state index contributed by atoms with van der Waals surface area (Å²) in [5.41, 5.74) is 2.75. The number of H-pyrrole nitrogens is 1.